The molecule has 96 valence electrons. The van der Waals surface area contributed by atoms with Crippen molar-refractivity contribution in [3.63, 3.8) is 0 Å². The molecule has 3 aromatic rings. The normalized spacial score (nSPS) is 11.2. The molecule has 0 amide bonds. The predicted molar refractivity (Wildman–Crippen MR) is 71.6 cm³/mol. The monoisotopic (exact) mass is 323 g/mol. The van der Waals surface area contributed by atoms with Gasteiger partial charge in [-0.2, -0.15) is 0 Å². The van der Waals surface area contributed by atoms with Crippen molar-refractivity contribution < 1.29 is 8.78 Å². The van der Waals surface area contributed by atoms with Crippen LogP contribution in [0.5, 0.6) is 0 Å². The number of nitrogens with zero attached hydrogens (tertiary/aromatic N) is 3. The van der Waals surface area contributed by atoms with Crippen LogP contribution in [-0.2, 0) is 7.05 Å². The number of aromatic nitrogens is 3. The summed E-state index contributed by atoms with van der Waals surface area (Å²) in [6.07, 6.45) is 3.25. The molecule has 0 N–H and O–H groups in total. The van der Waals surface area contributed by atoms with Crippen LogP contribution in [-0.4, -0.2) is 14.5 Å². The molecule has 2 heterocycles. The number of hydrogen-bond acceptors (Lipinski definition) is 2. The van der Waals surface area contributed by atoms with Gasteiger partial charge in [0.15, 0.2) is 11.6 Å². The largest absolute Gasteiger partial charge is 0.325 e. The van der Waals surface area contributed by atoms with Crippen LogP contribution in [0.3, 0.4) is 0 Å². The second kappa shape index (κ2) is 4.38. The summed E-state index contributed by atoms with van der Waals surface area (Å²) in [5.74, 6) is -1.21. The van der Waals surface area contributed by atoms with Gasteiger partial charge >= 0.3 is 0 Å². The molecule has 3 nitrogen and oxygen atoms in total. The lowest BCUT2D eigenvalue weighted by Crippen LogP contribution is -1.96. The Bertz CT molecular complexity index is 783. The Morgan fingerprint density at radius 3 is 2.74 bits per heavy atom. The Morgan fingerprint density at radius 1 is 1.21 bits per heavy atom. The third-order valence-corrected chi connectivity index (χ3v) is 3.57. The van der Waals surface area contributed by atoms with Crippen molar-refractivity contribution in [3.8, 4) is 11.4 Å². The Labute approximate surface area is 116 Å². The molecule has 0 atom stereocenters. The number of pyridine rings is 1. The summed E-state index contributed by atoms with van der Waals surface area (Å²) < 4.78 is 29.4. The molecule has 0 aliphatic rings. The minimum Gasteiger partial charge on any atom is -0.325 e. The molecule has 0 bridgehead atoms. The first-order valence-corrected chi connectivity index (χ1v) is 6.29. The van der Waals surface area contributed by atoms with E-state index < -0.39 is 11.6 Å². The Kier molecular flexibility index (Phi) is 2.82. The van der Waals surface area contributed by atoms with Crippen molar-refractivity contribution in [2.45, 2.75) is 0 Å². The van der Waals surface area contributed by atoms with Crippen molar-refractivity contribution in [3.05, 3.63) is 46.7 Å². The average Bonchev–Trinajstić information content (AvgIpc) is 2.73. The highest BCUT2D eigenvalue weighted by Gasteiger charge is 2.17. The minimum absolute atomic E-state index is 0.152. The summed E-state index contributed by atoms with van der Waals surface area (Å²) in [6.45, 7) is 0. The summed E-state index contributed by atoms with van der Waals surface area (Å²) >= 11 is 3.37. The molecule has 0 saturated heterocycles. The molecule has 0 unspecified atom stereocenters. The Balaban J connectivity index is 2.36. The molecule has 19 heavy (non-hydrogen) atoms. The fraction of sp³-hybridized carbons (Fsp3) is 0.0769. The first-order valence-electron chi connectivity index (χ1n) is 5.50. The zero-order chi connectivity index (χ0) is 13.6. The van der Waals surface area contributed by atoms with E-state index in [-0.39, 0.29) is 5.52 Å². The lowest BCUT2D eigenvalue weighted by Gasteiger charge is -2.04. The maximum Gasteiger partial charge on any atom is 0.184 e. The predicted octanol–water partition coefficient (Wildman–Crippen LogP) is 3.68. The number of hydrogen-bond donors (Lipinski definition) is 0. The molecule has 0 spiro atoms. The maximum absolute atomic E-state index is 13.8. The van der Waals surface area contributed by atoms with Gasteiger partial charge in [-0.3, -0.25) is 4.98 Å². The Morgan fingerprint density at radius 2 is 2.00 bits per heavy atom. The van der Waals surface area contributed by atoms with E-state index in [4.69, 9.17) is 0 Å². The van der Waals surface area contributed by atoms with E-state index in [1.807, 2.05) is 0 Å². The van der Waals surface area contributed by atoms with Gasteiger partial charge in [0.05, 0.1) is 5.52 Å². The van der Waals surface area contributed by atoms with Crippen molar-refractivity contribution in [1.82, 2.24) is 14.5 Å². The van der Waals surface area contributed by atoms with Crippen molar-refractivity contribution in [2.75, 3.05) is 0 Å². The van der Waals surface area contributed by atoms with Gasteiger partial charge in [-0.1, -0.05) is 0 Å². The fourth-order valence-electron chi connectivity index (χ4n) is 2.03. The Hall–Kier alpha value is -1.82. The summed E-state index contributed by atoms with van der Waals surface area (Å²) in [5.41, 5.74) is 1.34. The molecule has 2 aromatic heterocycles. The van der Waals surface area contributed by atoms with Gasteiger partial charge in [-0.15, -0.1) is 0 Å². The molecule has 3 rings (SSSR count). The van der Waals surface area contributed by atoms with Gasteiger partial charge in [0.2, 0.25) is 0 Å². The van der Waals surface area contributed by atoms with E-state index in [2.05, 4.69) is 25.9 Å². The topological polar surface area (TPSA) is 30.7 Å². The van der Waals surface area contributed by atoms with E-state index in [0.29, 0.717) is 11.3 Å². The number of benzene rings is 1. The average molecular weight is 324 g/mol. The second-order valence-electron chi connectivity index (χ2n) is 4.08. The SMILES string of the molecule is Cn1c(-c2ccncc2Br)nc2ccc(F)c(F)c21. The fourth-order valence-corrected chi connectivity index (χ4v) is 2.46. The first-order chi connectivity index (χ1) is 9.09. The van der Waals surface area contributed by atoms with E-state index >= 15 is 0 Å². The molecule has 1 aromatic carbocycles. The third-order valence-electron chi connectivity index (χ3n) is 2.94. The zero-order valence-corrected chi connectivity index (χ0v) is 11.4. The third kappa shape index (κ3) is 1.83. The molecule has 0 saturated carbocycles. The molecule has 0 fully saturated rings. The number of rotatable bonds is 1. The van der Waals surface area contributed by atoms with Gasteiger partial charge in [-0.25, -0.2) is 13.8 Å². The van der Waals surface area contributed by atoms with Gasteiger partial charge in [0.1, 0.15) is 11.3 Å². The smallest absolute Gasteiger partial charge is 0.184 e. The van der Waals surface area contributed by atoms with Gasteiger partial charge in [0, 0.05) is 29.5 Å². The van der Waals surface area contributed by atoms with Crippen LogP contribution in [0.15, 0.2) is 35.1 Å². The van der Waals surface area contributed by atoms with Crippen LogP contribution in [0.4, 0.5) is 8.78 Å². The summed E-state index contributed by atoms with van der Waals surface area (Å²) in [7, 11) is 1.65. The van der Waals surface area contributed by atoms with E-state index in [1.54, 1.807) is 25.5 Å². The molecule has 6 heteroatoms. The lowest BCUT2D eigenvalue weighted by molar-refractivity contribution is 0.513. The number of imidazole rings is 1. The van der Waals surface area contributed by atoms with Gasteiger partial charge < -0.3 is 4.57 Å². The van der Waals surface area contributed by atoms with Crippen LogP contribution in [0.25, 0.3) is 22.4 Å². The number of halogens is 3. The second-order valence-corrected chi connectivity index (χ2v) is 4.93. The first kappa shape index (κ1) is 12.2. The van der Waals surface area contributed by atoms with E-state index in [1.165, 1.54) is 10.6 Å². The molecule has 0 radical (unpaired) electrons. The highest BCUT2D eigenvalue weighted by Crippen LogP contribution is 2.30. The zero-order valence-electron chi connectivity index (χ0n) is 9.86. The summed E-state index contributed by atoms with van der Waals surface area (Å²) in [6, 6.07) is 4.31. The highest BCUT2D eigenvalue weighted by molar-refractivity contribution is 9.10. The van der Waals surface area contributed by atoms with E-state index in [0.717, 1.165) is 16.1 Å². The minimum atomic E-state index is -0.885. The van der Waals surface area contributed by atoms with Crippen molar-refractivity contribution in [2.24, 2.45) is 7.05 Å². The molecule has 0 aliphatic carbocycles. The number of aryl methyl sites for hydroxylation is 1. The van der Waals surface area contributed by atoms with Gasteiger partial charge in [0.25, 0.3) is 0 Å². The van der Waals surface area contributed by atoms with Crippen LogP contribution in [0.1, 0.15) is 0 Å². The summed E-state index contributed by atoms with van der Waals surface area (Å²) in [4.78, 5) is 8.31. The van der Waals surface area contributed by atoms with Crippen molar-refractivity contribution in [1.29, 1.82) is 0 Å². The number of fused-ring (bicyclic) bond motifs is 1. The van der Waals surface area contributed by atoms with Gasteiger partial charge in [-0.05, 0) is 34.1 Å². The maximum atomic E-state index is 13.8. The van der Waals surface area contributed by atoms with Crippen molar-refractivity contribution >= 4 is 27.0 Å². The molecular weight excluding hydrogens is 316 g/mol. The van der Waals surface area contributed by atoms with Crippen LogP contribution in [0.2, 0.25) is 0 Å². The lowest BCUT2D eigenvalue weighted by atomic mass is 10.2. The molecular formula is C13H8BrF2N3. The molecule has 0 aliphatic heterocycles. The van der Waals surface area contributed by atoms with Crippen LogP contribution in [0, 0.1) is 11.6 Å². The van der Waals surface area contributed by atoms with Crippen LogP contribution < -0.4 is 0 Å². The standard InChI is InChI=1S/C13H8BrF2N3/c1-19-12-10(3-2-9(15)11(12)16)18-13(19)7-4-5-17-6-8(7)14/h2-6H,1H3. The van der Waals surface area contributed by atoms with E-state index in [9.17, 15) is 8.78 Å². The highest BCUT2D eigenvalue weighted by atomic mass is 79.9. The quantitative estimate of drug-likeness (QED) is 0.684. The van der Waals surface area contributed by atoms with Crippen LogP contribution >= 0.6 is 15.9 Å². The summed E-state index contributed by atoms with van der Waals surface area (Å²) in [5, 5.41) is 0.